The smallest absolute Gasteiger partial charge is 0.420 e. The van der Waals surface area contributed by atoms with Crippen LogP contribution in [0.3, 0.4) is 0 Å². The van der Waals surface area contributed by atoms with Crippen molar-refractivity contribution in [3.63, 3.8) is 0 Å². The molecule has 214 valence electrons. The molecule has 0 atom stereocenters. The molecule has 3 aromatic rings. The molecule has 0 bridgehead atoms. The van der Waals surface area contributed by atoms with E-state index in [1.165, 1.54) is 23.4 Å². The maximum atomic E-state index is 14.1. The molecule has 1 amide bonds. The number of carbonyl (C=O) groups is 1. The first-order valence-corrected chi connectivity index (χ1v) is 13.1. The molecule has 0 unspecified atom stereocenters. The number of aryl methyl sites for hydroxylation is 1. The first kappa shape index (κ1) is 30.8. The van der Waals surface area contributed by atoms with Gasteiger partial charge >= 0.3 is 6.09 Å². The summed E-state index contributed by atoms with van der Waals surface area (Å²) in [6.07, 6.45) is 0.734. The summed E-state index contributed by atoms with van der Waals surface area (Å²) in [5.74, 6) is 6.57. The van der Waals surface area contributed by atoms with Gasteiger partial charge in [-0.3, -0.25) is 4.90 Å². The summed E-state index contributed by atoms with van der Waals surface area (Å²) in [5, 5.41) is 0.548. The van der Waals surface area contributed by atoms with E-state index in [4.69, 9.17) is 10.5 Å². The number of hydrogen-bond acceptors (Lipinski definition) is 7. The van der Waals surface area contributed by atoms with Gasteiger partial charge in [0.25, 0.3) is 0 Å². The quantitative estimate of drug-likeness (QED) is 0.330. The number of nitrogens with two attached hydrogens (primary N) is 1. The Bertz CT molecular complexity index is 1450. The highest BCUT2D eigenvalue weighted by molar-refractivity contribution is 6.04. The molecular weight excluding hydrogens is 507 g/mol. The minimum absolute atomic E-state index is 0. The number of hydrogen-bond donors (Lipinski definition) is 1. The number of nitrogen functional groups attached to an aromatic ring is 1. The third-order valence-corrected chi connectivity index (χ3v) is 6.77. The number of fused-ring (bicyclic) bond motifs is 1. The van der Waals surface area contributed by atoms with Crippen molar-refractivity contribution in [2.45, 2.75) is 60.1 Å². The molecule has 8 nitrogen and oxygen atoms in total. The zero-order valence-electron chi connectivity index (χ0n) is 23.8. The molecule has 2 aromatic carbocycles. The van der Waals surface area contributed by atoms with Gasteiger partial charge in [0.2, 0.25) is 0 Å². The lowest BCUT2D eigenvalue weighted by atomic mass is 10.0. The predicted molar refractivity (Wildman–Crippen MR) is 160 cm³/mol. The van der Waals surface area contributed by atoms with E-state index >= 15 is 0 Å². The topological polar surface area (TPSA) is 87.8 Å². The van der Waals surface area contributed by atoms with Crippen LogP contribution >= 0.6 is 0 Å². The molecule has 1 fully saturated rings. The van der Waals surface area contributed by atoms with Gasteiger partial charge in [-0.2, -0.15) is 0 Å². The summed E-state index contributed by atoms with van der Waals surface area (Å²) in [7, 11) is 2.13. The molecule has 2 N–H and O–H groups in total. The highest BCUT2D eigenvalue weighted by atomic mass is 19.1. The minimum Gasteiger partial charge on any atom is -0.443 e. The molecule has 9 heteroatoms. The van der Waals surface area contributed by atoms with E-state index in [1.54, 1.807) is 39.8 Å². The summed E-state index contributed by atoms with van der Waals surface area (Å²) < 4.78 is 19.8. The lowest BCUT2D eigenvalue weighted by molar-refractivity contribution is 0.0598. The molecule has 40 heavy (non-hydrogen) atoms. The van der Waals surface area contributed by atoms with Crippen molar-refractivity contribution in [3.8, 4) is 11.8 Å². The maximum absolute atomic E-state index is 14.1. The molecular formula is C31H41FN6O2. The summed E-state index contributed by atoms with van der Waals surface area (Å²) in [5.41, 5.74) is 7.87. The number of rotatable bonds is 3. The van der Waals surface area contributed by atoms with Crippen molar-refractivity contribution in [2.75, 3.05) is 43.9 Å². The second kappa shape index (κ2) is 11.8. The predicted octanol–water partition coefficient (Wildman–Crippen LogP) is 5.75. The highest BCUT2D eigenvalue weighted by Crippen LogP contribution is 2.34. The Labute approximate surface area is 237 Å². The van der Waals surface area contributed by atoms with Crippen LogP contribution in [0.5, 0.6) is 0 Å². The van der Waals surface area contributed by atoms with Gasteiger partial charge in [-0.15, -0.1) is 0 Å². The molecule has 1 saturated heterocycles. The minimum atomic E-state index is -0.758. The van der Waals surface area contributed by atoms with E-state index in [1.807, 2.05) is 6.07 Å². The van der Waals surface area contributed by atoms with Crippen LogP contribution in [0, 0.1) is 24.6 Å². The molecule has 2 heterocycles. The monoisotopic (exact) mass is 548 g/mol. The Kier molecular flexibility index (Phi) is 9.07. The second-order valence-electron chi connectivity index (χ2n) is 11.5. The number of piperazine rings is 1. The van der Waals surface area contributed by atoms with Gasteiger partial charge in [-0.25, -0.2) is 24.1 Å². The number of halogens is 1. The van der Waals surface area contributed by atoms with Crippen LogP contribution < -0.4 is 10.6 Å². The standard InChI is InChI=1S/C30H37FN6O2.CH4/c1-20-16-22(8-9-24(20)31)37(28(38)39-29(2,3)4)27-23-18-25(32)21(17-26(23)33-19-34-27)10-11-30(5,6)36-14-12-35(7)13-15-36;/h8-9,16-19H,12-15,32H2,1-7H3;1H4. The van der Waals surface area contributed by atoms with Crippen LogP contribution in [-0.2, 0) is 4.74 Å². The number of ether oxygens (including phenoxy) is 1. The third-order valence-electron chi connectivity index (χ3n) is 6.77. The van der Waals surface area contributed by atoms with Crippen molar-refractivity contribution >= 4 is 34.2 Å². The fourth-order valence-corrected chi connectivity index (χ4v) is 4.45. The molecule has 0 spiro atoms. The molecule has 4 rings (SSSR count). The van der Waals surface area contributed by atoms with E-state index < -0.39 is 11.7 Å². The Morgan fingerprint density at radius 1 is 1.07 bits per heavy atom. The zero-order valence-corrected chi connectivity index (χ0v) is 23.8. The molecule has 0 saturated carbocycles. The van der Waals surface area contributed by atoms with Gasteiger partial charge in [-0.1, -0.05) is 19.3 Å². The van der Waals surface area contributed by atoms with E-state index in [0.717, 1.165) is 26.2 Å². The van der Waals surface area contributed by atoms with Crippen molar-refractivity contribution in [1.82, 2.24) is 19.8 Å². The number of anilines is 3. The Morgan fingerprint density at radius 3 is 2.38 bits per heavy atom. The van der Waals surface area contributed by atoms with Crippen molar-refractivity contribution < 1.29 is 13.9 Å². The highest BCUT2D eigenvalue weighted by Gasteiger charge is 2.29. The van der Waals surface area contributed by atoms with Crippen molar-refractivity contribution in [3.05, 3.63) is 53.6 Å². The summed E-state index contributed by atoms with van der Waals surface area (Å²) in [6, 6.07) is 7.95. The zero-order chi connectivity index (χ0) is 28.5. The van der Waals surface area contributed by atoms with E-state index in [-0.39, 0.29) is 24.6 Å². The number of benzene rings is 2. The fraction of sp³-hybridized carbons (Fsp3) is 0.452. The summed E-state index contributed by atoms with van der Waals surface area (Å²) >= 11 is 0. The van der Waals surface area contributed by atoms with Gasteiger partial charge in [0, 0.05) is 42.8 Å². The van der Waals surface area contributed by atoms with Crippen LogP contribution in [0.1, 0.15) is 53.2 Å². The fourth-order valence-electron chi connectivity index (χ4n) is 4.45. The van der Waals surface area contributed by atoms with E-state index in [9.17, 15) is 9.18 Å². The molecule has 1 aromatic heterocycles. The third kappa shape index (κ3) is 6.87. The molecule has 0 aliphatic carbocycles. The first-order chi connectivity index (χ1) is 18.2. The molecule has 1 aliphatic rings. The van der Waals surface area contributed by atoms with Crippen LogP contribution in [0.2, 0.25) is 0 Å². The molecule has 1 aliphatic heterocycles. The largest absolute Gasteiger partial charge is 0.443 e. The SMILES string of the molecule is C.Cc1cc(N(C(=O)OC(C)(C)C)c2ncnc3cc(C#CC(C)(C)N4CCN(C)CC4)c(N)cc23)ccc1F. The molecule has 0 radical (unpaired) electrons. The number of amides is 1. The van der Waals surface area contributed by atoms with Crippen molar-refractivity contribution in [1.29, 1.82) is 0 Å². The number of carbonyl (C=O) groups excluding carboxylic acids is 1. The van der Waals surface area contributed by atoms with Crippen LogP contribution in [0.15, 0.2) is 36.7 Å². The first-order valence-electron chi connectivity index (χ1n) is 13.1. The normalized spacial score (nSPS) is 14.7. The Balaban J connectivity index is 0.00000441. The Hall–Kier alpha value is -3.74. The van der Waals surface area contributed by atoms with Crippen LogP contribution in [0.25, 0.3) is 10.9 Å². The number of likely N-dealkylation sites (N-methyl/N-ethyl adjacent to an activating group) is 1. The lowest BCUT2D eigenvalue weighted by Crippen LogP contribution is -2.53. The summed E-state index contributed by atoms with van der Waals surface area (Å²) in [6.45, 7) is 15.1. The number of nitrogens with zero attached hydrogens (tertiary/aromatic N) is 5. The number of aromatic nitrogens is 2. The van der Waals surface area contributed by atoms with Gasteiger partial charge in [-0.05, 0) is 84.5 Å². The van der Waals surface area contributed by atoms with Gasteiger partial charge in [0.1, 0.15) is 17.7 Å². The van der Waals surface area contributed by atoms with E-state index in [2.05, 4.69) is 52.5 Å². The van der Waals surface area contributed by atoms with Gasteiger partial charge < -0.3 is 15.4 Å². The average molecular weight is 549 g/mol. The maximum Gasteiger partial charge on any atom is 0.420 e. The van der Waals surface area contributed by atoms with Crippen LogP contribution in [-0.4, -0.2) is 70.2 Å². The van der Waals surface area contributed by atoms with Gasteiger partial charge in [0.15, 0.2) is 5.82 Å². The van der Waals surface area contributed by atoms with E-state index in [0.29, 0.717) is 33.4 Å². The van der Waals surface area contributed by atoms with Crippen molar-refractivity contribution in [2.24, 2.45) is 0 Å². The van der Waals surface area contributed by atoms with Gasteiger partial charge in [0.05, 0.1) is 16.7 Å². The Morgan fingerprint density at radius 2 is 1.75 bits per heavy atom. The second-order valence-corrected chi connectivity index (χ2v) is 11.5. The lowest BCUT2D eigenvalue weighted by Gasteiger charge is -2.40. The summed E-state index contributed by atoms with van der Waals surface area (Å²) in [4.78, 5) is 28.3. The van der Waals surface area contributed by atoms with Crippen LogP contribution in [0.4, 0.5) is 26.4 Å². The average Bonchev–Trinajstić information content (AvgIpc) is 2.84.